The molecule has 1 rings (SSSR count). The summed E-state index contributed by atoms with van der Waals surface area (Å²) in [6.07, 6.45) is -4.06. The van der Waals surface area contributed by atoms with Crippen LogP contribution in [0.2, 0.25) is 0 Å². The molecule has 6 nitrogen and oxygen atoms in total. The number of aryl methyl sites for hydroxylation is 1. The smallest absolute Gasteiger partial charge is 0.335 e. The molecule has 0 spiro atoms. The summed E-state index contributed by atoms with van der Waals surface area (Å²) in [4.78, 5) is 20.8. The molecule has 0 saturated heterocycles. The van der Waals surface area contributed by atoms with Gasteiger partial charge in [0.1, 0.15) is 11.9 Å². The van der Waals surface area contributed by atoms with E-state index in [1.165, 1.54) is 12.1 Å². The first kappa shape index (κ1) is 15.1. The monoisotopic (exact) mass is 272 g/mol. The second-order valence-electron chi connectivity index (χ2n) is 3.97. The van der Waals surface area contributed by atoms with E-state index in [1.807, 2.05) is 0 Å². The lowest BCUT2D eigenvalue weighted by atomic mass is 10.0. The second-order valence-corrected chi connectivity index (χ2v) is 3.97. The Bertz CT molecular complexity index is 487. The Morgan fingerprint density at radius 1 is 1.21 bits per heavy atom. The predicted octanol–water partition coefficient (Wildman–Crippen LogP) is 0.322. The number of rotatable bonds is 6. The van der Waals surface area contributed by atoms with E-state index in [1.54, 1.807) is 0 Å². The molecule has 4 N–H and O–H groups in total. The first-order valence-electron chi connectivity index (χ1n) is 5.42. The molecule has 0 amide bonds. The highest BCUT2D eigenvalue weighted by Gasteiger charge is 2.25. The molecule has 2 atom stereocenters. The van der Waals surface area contributed by atoms with Crippen molar-refractivity contribution in [3.63, 3.8) is 0 Å². The summed E-state index contributed by atoms with van der Waals surface area (Å²) < 4.78 is 13.6. The van der Waals surface area contributed by atoms with Crippen LogP contribution >= 0.6 is 0 Å². The molecular formula is C12H13FO6. The van der Waals surface area contributed by atoms with Crippen molar-refractivity contribution in [1.29, 1.82) is 0 Å². The molecule has 19 heavy (non-hydrogen) atoms. The zero-order valence-electron chi connectivity index (χ0n) is 9.78. The van der Waals surface area contributed by atoms with Crippen molar-refractivity contribution in [3.8, 4) is 0 Å². The minimum atomic E-state index is -2.05. The molecule has 0 aliphatic heterocycles. The molecule has 1 aromatic carbocycles. The van der Waals surface area contributed by atoms with Crippen molar-refractivity contribution in [2.45, 2.75) is 25.0 Å². The molecule has 0 aliphatic rings. The lowest BCUT2D eigenvalue weighted by Gasteiger charge is -2.15. The van der Waals surface area contributed by atoms with Crippen molar-refractivity contribution in [2.75, 3.05) is 0 Å². The Morgan fingerprint density at radius 3 is 2.32 bits per heavy atom. The lowest BCUT2D eigenvalue weighted by molar-refractivity contribution is -0.153. The average molecular weight is 272 g/mol. The fourth-order valence-electron chi connectivity index (χ4n) is 1.51. The first-order chi connectivity index (χ1) is 8.82. The molecule has 0 heterocycles. The fourth-order valence-corrected chi connectivity index (χ4v) is 1.51. The van der Waals surface area contributed by atoms with Crippen molar-refractivity contribution in [2.24, 2.45) is 0 Å². The molecule has 0 fully saturated rings. The van der Waals surface area contributed by atoms with Crippen LogP contribution in [0.25, 0.3) is 0 Å². The van der Waals surface area contributed by atoms with E-state index in [0.717, 1.165) is 6.07 Å². The highest BCUT2D eigenvalue weighted by Crippen LogP contribution is 2.21. The molecule has 0 radical (unpaired) electrons. The number of carboxylic acid groups (broad SMARTS) is 2. The number of hydrogen-bond acceptors (Lipinski definition) is 4. The Morgan fingerprint density at radius 2 is 1.84 bits per heavy atom. The summed E-state index contributed by atoms with van der Waals surface area (Å²) in [7, 11) is 0. The molecular weight excluding hydrogens is 259 g/mol. The van der Waals surface area contributed by atoms with E-state index in [4.69, 9.17) is 15.3 Å². The number of carboxylic acids is 2. The van der Waals surface area contributed by atoms with Crippen LogP contribution in [0.15, 0.2) is 18.2 Å². The van der Waals surface area contributed by atoms with Gasteiger partial charge in [-0.05, 0) is 23.6 Å². The number of carbonyl (C=O) groups is 2. The van der Waals surface area contributed by atoms with E-state index >= 15 is 0 Å². The highest BCUT2D eigenvalue weighted by atomic mass is 19.1. The quantitative estimate of drug-likeness (QED) is 0.593. The average Bonchev–Trinajstić information content (AvgIpc) is 2.35. The van der Waals surface area contributed by atoms with Crippen LogP contribution in [-0.2, 0) is 16.0 Å². The Hall–Kier alpha value is -1.99. The topological polar surface area (TPSA) is 115 Å². The van der Waals surface area contributed by atoms with E-state index < -0.39 is 30.0 Å². The normalized spacial score (nSPS) is 13.8. The van der Waals surface area contributed by atoms with Crippen LogP contribution in [0.5, 0.6) is 0 Å². The number of benzene rings is 1. The van der Waals surface area contributed by atoms with Crippen LogP contribution in [0, 0.1) is 5.82 Å². The highest BCUT2D eigenvalue weighted by molar-refractivity contribution is 5.73. The SMILES string of the molecule is O=C(O)CCc1ccc(C(O)C(O)C(=O)O)cc1F. The zero-order valence-corrected chi connectivity index (χ0v) is 9.78. The third-order valence-electron chi connectivity index (χ3n) is 2.58. The lowest BCUT2D eigenvalue weighted by Crippen LogP contribution is -2.27. The number of halogens is 1. The molecule has 0 aliphatic carbocycles. The summed E-state index contributed by atoms with van der Waals surface area (Å²) >= 11 is 0. The maximum atomic E-state index is 13.6. The summed E-state index contributed by atoms with van der Waals surface area (Å²) in [5.74, 6) is -3.44. The van der Waals surface area contributed by atoms with Crippen molar-refractivity contribution >= 4 is 11.9 Å². The van der Waals surface area contributed by atoms with Crippen molar-refractivity contribution in [1.82, 2.24) is 0 Å². The number of aliphatic hydroxyl groups excluding tert-OH is 2. The molecule has 1 aromatic rings. The van der Waals surface area contributed by atoms with E-state index in [0.29, 0.717) is 0 Å². The molecule has 0 aromatic heterocycles. The maximum absolute atomic E-state index is 13.6. The van der Waals surface area contributed by atoms with Gasteiger partial charge in [0.25, 0.3) is 0 Å². The molecule has 7 heteroatoms. The summed E-state index contributed by atoms with van der Waals surface area (Å²) in [5.41, 5.74) is 0.0506. The molecule has 2 unspecified atom stereocenters. The minimum absolute atomic E-state index is 0.0149. The zero-order chi connectivity index (χ0) is 14.6. The summed E-state index contributed by atoms with van der Waals surface area (Å²) in [6.45, 7) is 0. The Labute approximate surface area is 107 Å². The summed E-state index contributed by atoms with van der Waals surface area (Å²) in [6, 6.07) is 3.39. The van der Waals surface area contributed by atoms with Gasteiger partial charge in [0, 0.05) is 6.42 Å². The van der Waals surface area contributed by atoms with E-state index in [9.17, 15) is 19.1 Å². The van der Waals surface area contributed by atoms with Gasteiger partial charge in [-0.2, -0.15) is 0 Å². The largest absolute Gasteiger partial charge is 0.481 e. The van der Waals surface area contributed by atoms with Gasteiger partial charge in [0.15, 0.2) is 6.10 Å². The van der Waals surface area contributed by atoms with Crippen molar-refractivity contribution in [3.05, 3.63) is 35.1 Å². The second kappa shape index (κ2) is 6.26. The van der Waals surface area contributed by atoms with E-state index in [2.05, 4.69) is 0 Å². The van der Waals surface area contributed by atoms with Gasteiger partial charge in [-0.3, -0.25) is 4.79 Å². The third-order valence-corrected chi connectivity index (χ3v) is 2.58. The predicted molar refractivity (Wildman–Crippen MR) is 61.0 cm³/mol. The molecule has 0 bridgehead atoms. The standard InChI is InChI=1S/C12H13FO6/c13-8-5-7(10(16)11(17)12(18)19)2-1-6(8)3-4-9(14)15/h1-2,5,10-11,16-17H,3-4H2,(H,14,15)(H,18,19). The minimum Gasteiger partial charge on any atom is -0.481 e. The van der Waals surface area contributed by atoms with Gasteiger partial charge < -0.3 is 20.4 Å². The number of hydrogen-bond donors (Lipinski definition) is 4. The number of aliphatic carboxylic acids is 2. The van der Waals surface area contributed by atoms with Gasteiger partial charge in [-0.25, -0.2) is 9.18 Å². The van der Waals surface area contributed by atoms with Gasteiger partial charge >= 0.3 is 11.9 Å². The fraction of sp³-hybridized carbons (Fsp3) is 0.333. The maximum Gasteiger partial charge on any atom is 0.335 e. The van der Waals surface area contributed by atoms with Gasteiger partial charge in [0.05, 0.1) is 0 Å². The Balaban J connectivity index is 2.87. The summed E-state index contributed by atoms with van der Waals surface area (Å²) in [5, 5.41) is 35.6. The molecule has 0 saturated carbocycles. The van der Waals surface area contributed by atoms with E-state index in [-0.39, 0.29) is 24.0 Å². The van der Waals surface area contributed by atoms with Gasteiger partial charge in [0.2, 0.25) is 0 Å². The van der Waals surface area contributed by atoms with Crippen LogP contribution in [0.3, 0.4) is 0 Å². The van der Waals surface area contributed by atoms with Crippen molar-refractivity contribution < 1.29 is 34.4 Å². The van der Waals surface area contributed by atoms with Crippen LogP contribution in [-0.4, -0.2) is 38.5 Å². The molecule has 104 valence electrons. The van der Waals surface area contributed by atoms with Crippen LogP contribution in [0.1, 0.15) is 23.7 Å². The van der Waals surface area contributed by atoms with Gasteiger partial charge in [-0.15, -0.1) is 0 Å². The van der Waals surface area contributed by atoms with Crippen LogP contribution in [0.4, 0.5) is 4.39 Å². The number of aliphatic hydroxyl groups is 2. The first-order valence-corrected chi connectivity index (χ1v) is 5.42. The third kappa shape index (κ3) is 4.01. The van der Waals surface area contributed by atoms with Gasteiger partial charge in [-0.1, -0.05) is 12.1 Å². The van der Waals surface area contributed by atoms with Crippen LogP contribution < -0.4 is 0 Å². The Kier molecular flexibility index (Phi) is 4.96.